The molecule has 0 aliphatic carbocycles. The Morgan fingerprint density at radius 3 is 3.00 bits per heavy atom. The summed E-state index contributed by atoms with van der Waals surface area (Å²) in [7, 11) is 0. The number of fused-ring (bicyclic) bond motifs is 1. The van der Waals surface area contributed by atoms with E-state index in [1.807, 2.05) is 0 Å². The van der Waals surface area contributed by atoms with Crippen molar-refractivity contribution in [3.63, 3.8) is 0 Å². The van der Waals surface area contributed by atoms with Gasteiger partial charge in [-0.3, -0.25) is 9.59 Å². The summed E-state index contributed by atoms with van der Waals surface area (Å²) in [6.07, 6.45) is 4.43. The first-order valence-corrected chi connectivity index (χ1v) is 3.93. The van der Waals surface area contributed by atoms with E-state index in [0.717, 1.165) is 4.57 Å². The zero-order valence-corrected chi connectivity index (χ0v) is 7.12. The minimum atomic E-state index is -1.05. The van der Waals surface area contributed by atoms with Crippen LogP contribution >= 0.6 is 0 Å². The summed E-state index contributed by atoms with van der Waals surface area (Å²) < 4.78 is 2.53. The van der Waals surface area contributed by atoms with Crippen molar-refractivity contribution in [1.29, 1.82) is 0 Å². The summed E-state index contributed by atoms with van der Waals surface area (Å²) in [6.45, 7) is -0.333. The predicted octanol–water partition coefficient (Wildman–Crippen LogP) is -0.419. The second-order valence-electron chi connectivity index (χ2n) is 2.79. The Morgan fingerprint density at radius 1 is 1.50 bits per heavy atom. The third-order valence-electron chi connectivity index (χ3n) is 1.84. The quantitative estimate of drug-likeness (QED) is 0.702. The fourth-order valence-electron chi connectivity index (χ4n) is 1.23. The highest BCUT2D eigenvalue weighted by Gasteiger charge is 2.05. The minimum Gasteiger partial charge on any atom is -0.480 e. The van der Waals surface area contributed by atoms with E-state index < -0.39 is 5.97 Å². The van der Waals surface area contributed by atoms with Gasteiger partial charge in [0.15, 0.2) is 0 Å². The number of nitrogens with zero attached hydrogens (tertiary/aromatic N) is 3. The predicted molar refractivity (Wildman–Crippen MR) is 47.1 cm³/mol. The molecule has 0 atom stereocenters. The van der Waals surface area contributed by atoms with Crippen LogP contribution in [-0.4, -0.2) is 25.3 Å². The molecule has 1 N–H and O–H groups in total. The summed E-state index contributed by atoms with van der Waals surface area (Å²) in [4.78, 5) is 22.0. The van der Waals surface area contributed by atoms with E-state index in [2.05, 4.69) is 5.10 Å². The van der Waals surface area contributed by atoms with E-state index in [9.17, 15) is 9.59 Å². The maximum absolute atomic E-state index is 11.6. The van der Waals surface area contributed by atoms with Crippen LogP contribution in [0.3, 0.4) is 0 Å². The van der Waals surface area contributed by atoms with E-state index in [0.29, 0.717) is 5.52 Å². The monoisotopic (exact) mass is 193 g/mol. The molecule has 2 rings (SSSR count). The normalized spacial score (nSPS) is 10.6. The molecule has 0 spiro atoms. The molecule has 6 nitrogen and oxygen atoms in total. The van der Waals surface area contributed by atoms with Crippen molar-refractivity contribution < 1.29 is 9.90 Å². The number of hydrogen-bond acceptors (Lipinski definition) is 3. The summed E-state index contributed by atoms with van der Waals surface area (Å²) >= 11 is 0. The maximum atomic E-state index is 11.6. The Kier molecular flexibility index (Phi) is 1.81. The van der Waals surface area contributed by atoms with Gasteiger partial charge in [0.2, 0.25) is 0 Å². The Labute approximate surface area is 78.0 Å². The Morgan fingerprint density at radius 2 is 2.29 bits per heavy atom. The summed E-state index contributed by atoms with van der Waals surface area (Å²) in [5, 5.41) is 12.4. The smallest absolute Gasteiger partial charge is 0.323 e. The van der Waals surface area contributed by atoms with Crippen LogP contribution in [0.15, 0.2) is 29.5 Å². The van der Waals surface area contributed by atoms with E-state index in [1.54, 1.807) is 12.3 Å². The molecule has 2 heterocycles. The number of rotatable bonds is 2. The summed E-state index contributed by atoms with van der Waals surface area (Å²) in [5.41, 5.74) is 0.0150. The van der Waals surface area contributed by atoms with E-state index >= 15 is 0 Å². The van der Waals surface area contributed by atoms with Crippen molar-refractivity contribution in [2.45, 2.75) is 6.54 Å². The lowest BCUT2D eigenvalue weighted by molar-refractivity contribution is -0.137. The van der Waals surface area contributed by atoms with Crippen molar-refractivity contribution in [3.8, 4) is 0 Å². The SMILES string of the molecule is O=C(O)Cn1ccn2nccc2c1=O. The molecule has 2 aromatic rings. The van der Waals surface area contributed by atoms with Crippen LogP contribution in [0.1, 0.15) is 0 Å². The standard InChI is InChI=1S/C8H7N3O3/c12-7(13)5-10-3-4-11-6(8(10)14)1-2-9-11/h1-4H,5H2,(H,12,13). The minimum absolute atomic E-state index is 0.333. The molecular formula is C8H7N3O3. The molecule has 0 saturated carbocycles. The van der Waals surface area contributed by atoms with Crippen LogP contribution in [0, 0.1) is 0 Å². The Bertz CT molecular complexity index is 540. The molecular weight excluding hydrogens is 186 g/mol. The van der Waals surface area contributed by atoms with E-state index in [-0.39, 0.29) is 12.1 Å². The summed E-state index contributed by atoms with van der Waals surface area (Å²) in [6, 6.07) is 1.54. The molecule has 0 radical (unpaired) electrons. The highest BCUT2D eigenvalue weighted by atomic mass is 16.4. The number of aliphatic carboxylic acids is 1. The average molecular weight is 193 g/mol. The first-order valence-electron chi connectivity index (χ1n) is 3.93. The zero-order chi connectivity index (χ0) is 10.1. The molecule has 72 valence electrons. The van der Waals surface area contributed by atoms with Crippen LogP contribution < -0.4 is 5.56 Å². The second kappa shape index (κ2) is 2.99. The van der Waals surface area contributed by atoms with Gasteiger partial charge in [-0.25, -0.2) is 4.52 Å². The first-order chi connectivity index (χ1) is 6.68. The molecule has 6 heteroatoms. The van der Waals surface area contributed by atoms with Crippen LogP contribution in [-0.2, 0) is 11.3 Å². The van der Waals surface area contributed by atoms with Gasteiger partial charge in [-0.2, -0.15) is 5.10 Å². The molecule has 0 aliphatic rings. The van der Waals surface area contributed by atoms with E-state index in [1.165, 1.54) is 16.9 Å². The lowest BCUT2D eigenvalue weighted by atomic mass is 10.5. The fourth-order valence-corrected chi connectivity index (χ4v) is 1.23. The van der Waals surface area contributed by atoms with Gasteiger partial charge in [-0.15, -0.1) is 0 Å². The molecule has 0 aliphatic heterocycles. The van der Waals surface area contributed by atoms with Crippen molar-refractivity contribution in [3.05, 3.63) is 35.0 Å². The van der Waals surface area contributed by atoms with Gasteiger partial charge in [0.25, 0.3) is 5.56 Å². The summed E-state index contributed by atoms with van der Waals surface area (Å²) in [5.74, 6) is -1.05. The highest BCUT2D eigenvalue weighted by Crippen LogP contribution is 1.93. The van der Waals surface area contributed by atoms with Crippen molar-refractivity contribution in [2.75, 3.05) is 0 Å². The molecule has 0 bridgehead atoms. The number of carboxylic acid groups (broad SMARTS) is 1. The largest absolute Gasteiger partial charge is 0.480 e. The molecule has 0 fully saturated rings. The average Bonchev–Trinajstić information content (AvgIpc) is 2.57. The molecule has 0 unspecified atom stereocenters. The van der Waals surface area contributed by atoms with Gasteiger partial charge in [-0.05, 0) is 6.07 Å². The van der Waals surface area contributed by atoms with Gasteiger partial charge >= 0.3 is 5.97 Å². The molecule has 0 saturated heterocycles. The fraction of sp³-hybridized carbons (Fsp3) is 0.125. The first kappa shape index (κ1) is 8.49. The maximum Gasteiger partial charge on any atom is 0.323 e. The van der Waals surface area contributed by atoms with Crippen molar-refractivity contribution >= 4 is 11.5 Å². The van der Waals surface area contributed by atoms with Crippen molar-refractivity contribution in [1.82, 2.24) is 14.2 Å². The van der Waals surface area contributed by atoms with Gasteiger partial charge in [0, 0.05) is 12.4 Å². The Balaban J connectivity index is 2.62. The van der Waals surface area contributed by atoms with Crippen LogP contribution in [0.4, 0.5) is 0 Å². The van der Waals surface area contributed by atoms with Crippen LogP contribution in [0.2, 0.25) is 0 Å². The van der Waals surface area contributed by atoms with Gasteiger partial charge < -0.3 is 9.67 Å². The number of carbonyl (C=O) groups is 1. The highest BCUT2D eigenvalue weighted by molar-refractivity contribution is 5.66. The van der Waals surface area contributed by atoms with Gasteiger partial charge in [0.05, 0.1) is 6.20 Å². The third-order valence-corrected chi connectivity index (χ3v) is 1.84. The lowest BCUT2D eigenvalue weighted by Gasteiger charge is -2.01. The third kappa shape index (κ3) is 1.26. The van der Waals surface area contributed by atoms with Gasteiger partial charge in [0.1, 0.15) is 12.1 Å². The molecule has 14 heavy (non-hydrogen) atoms. The molecule has 2 aromatic heterocycles. The van der Waals surface area contributed by atoms with Crippen LogP contribution in [0.5, 0.6) is 0 Å². The van der Waals surface area contributed by atoms with Crippen molar-refractivity contribution in [2.24, 2.45) is 0 Å². The van der Waals surface area contributed by atoms with Gasteiger partial charge in [-0.1, -0.05) is 0 Å². The number of carboxylic acids is 1. The Hall–Kier alpha value is -2.11. The second-order valence-corrected chi connectivity index (χ2v) is 2.79. The lowest BCUT2D eigenvalue weighted by Crippen LogP contribution is -2.24. The van der Waals surface area contributed by atoms with Crippen LogP contribution in [0.25, 0.3) is 5.52 Å². The zero-order valence-electron chi connectivity index (χ0n) is 7.12. The van der Waals surface area contributed by atoms with E-state index in [4.69, 9.17) is 5.11 Å². The number of hydrogen-bond donors (Lipinski definition) is 1. The number of aromatic nitrogens is 3. The molecule has 0 amide bonds. The topological polar surface area (TPSA) is 76.6 Å². The molecule has 0 aromatic carbocycles.